The van der Waals surface area contributed by atoms with Crippen LogP contribution in [0, 0.1) is 23.7 Å². The topological polar surface area (TPSA) is 63.8 Å². The summed E-state index contributed by atoms with van der Waals surface area (Å²) in [7, 11) is 0. The maximum Gasteiger partial charge on any atom is 0.217 e. The number of aryl methyl sites for hydroxylation is 1. The minimum absolute atomic E-state index is 0.488. The number of allylic oxidation sites excluding steroid dienone is 1. The largest absolute Gasteiger partial charge is 0.425 e. The quantitative estimate of drug-likeness (QED) is 0.670. The molecule has 1 aliphatic carbocycles. The van der Waals surface area contributed by atoms with Crippen molar-refractivity contribution >= 4 is 5.69 Å². The van der Waals surface area contributed by atoms with Crippen molar-refractivity contribution in [1.82, 2.24) is 15.2 Å². The van der Waals surface area contributed by atoms with Gasteiger partial charge in [-0.2, -0.15) is 0 Å². The summed E-state index contributed by atoms with van der Waals surface area (Å²) in [6.07, 6.45) is 10.1. The predicted molar refractivity (Wildman–Crippen MR) is 108 cm³/mol. The van der Waals surface area contributed by atoms with Gasteiger partial charge in [0.05, 0.1) is 5.69 Å². The van der Waals surface area contributed by atoms with E-state index in [1.807, 2.05) is 12.3 Å². The minimum atomic E-state index is 0.488. The molecule has 1 aliphatic rings. The second kappa shape index (κ2) is 9.16. The molecule has 2 aromatic heterocycles. The molecule has 2 aromatic rings. The van der Waals surface area contributed by atoms with E-state index in [0.717, 1.165) is 43.3 Å². The van der Waals surface area contributed by atoms with Gasteiger partial charge in [-0.15, -0.1) is 10.2 Å². The molecule has 0 amide bonds. The van der Waals surface area contributed by atoms with Crippen LogP contribution in [0.1, 0.15) is 52.3 Å². The molecule has 3 atom stereocenters. The Morgan fingerprint density at radius 2 is 2.07 bits per heavy atom. The van der Waals surface area contributed by atoms with Crippen molar-refractivity contribution in [1.29, 1.82) is 0 Å². The molecular weight excluding hydrogens is 336 g/mol. The smallest absolute Gasteiger partial charge is 0.217 e. The molecule has 0 spiro atoms. The first kappa shape index (κ1) is 19.6. The van der Waals surface area contributed by atoms with E-state index in [-0.39, 0.29) is 0 Å². The van der Waals surface area contributed by atoms with Crippen LogP contribution in [-0.2, 0) is 12.8 Å². The highest BCUT2D eigenvalue weighted by atomic mass is 16.4. The SMILES string of the molecule is CCCc1nnc(C[C@H]2C[C@@H](C(C)C)[C@H](CNc3cccnc3)C=C2C)o1. The van der Waals surface area contributed by atoms with Crippen molar-refractivity contribution < 1.29 is 4.42 Å². The Labute approximate surface area is 162 Å². The van der Waals surface area contributed by atoms with E-state index in [0.29, 0.717) is 23.7 Å². The van der Waals surface area contributed by atoms with Gasteiger partial charge >= 0.3 is 0 Å². The Morgan fingerprint density at radius 3 is 2.78 bits per heavy atom. The number of aromatic nitrogens is 3. The third kappa shape index (κ3) is 5.18. The molecule has 2 heterocycles. The lowest BCUT2D eigenvalue weighted by molar-refractivity contribution is 0.229. The van der Waals surface area contributed by atoms with Crippen LogP contribution in [-0.4, -0.2) is 21.7 Å². The van der Waals surface area contributed by atoms with Crippen LogP contribution in [0.2, 0.25) is 0 Å². The van der Waals surface area contributed by atoms with E-state index in [2.05, 4.69) is 60.3 Å². The van der Waals surface area contributed by atoms with Gasteiger partial charge in [-0.05, 0) is 55.6 Å². The van der Waals surface area contributed by atoms with Crippen molar-refractivity contribution in [3.05, 3.63) is 48.0 Å². The van der Waals surface area contributed by atoms with Crippen LogP contribution in [0.25, 0.3) is 0 Å². The molecule has 146 valence electrons. The van der Waals surface area contributed by atoms with Gasteiger partial charge in [0.15, 0.2) is 0 Å². The van der Waals surface area contributed by atoms with Crippen LogP contribution in [0.15, 0.2) is 40.6 Å². The zero-order valence-corrected chi connectivity index (χ0v) is 17.0. The maximum absolute atomic E-state index is 5.83. The van der Waals surface area contributed by atoms with Crippen LogP contribution < -0.4 is 5.32 Å². The molecule has 0 aromatic carbocycles. The fraction of sp³-hybridized carbons (Fsp3) is 0.591. The number of rotatable bonds is 8. The third-order valence-electron chi connectivity index (χ3n) is 5.68. The molecule has 0 saturated carbocycles. The number of hydrogen-bond acceptors (Lipinski definition) is 5. The summed E-state index contributed by atoms with van der Waals surface area (Å²) < 4.78 is 5.83. The van der Waals surface area contributed by atoms with E-state index in [1.54, 1.807) is 6.20 Å². The molecule has 5 heteroatoms. The van der Waals surface area contributed by atoms with Crippen LogP contribution in [0.5, 0.6) is 0 Å². The lowest BCUT2D eigenvalue weighted by Gasteiger charge is -2.37. The van der Waals surface area contributed by atoms with Crippen molar-refractivity contribution in [2.45, 2.75) is 53.4 Å². The summed E-state index contributed by atoms with van der Waals surface area (Å²) in [5.74, 6) is 3.84. The van der Waals surface area contributed by atoms with E-state index in [9.17, 15) is 0 Å². The number of nitrogens with one attached hydrogen (secondary N) is 1. The Balaban J connectivity index is 1.67. The second-order valence-electron chi connectivity index (χ2n) is 8.08. The predicted octanol–water partition coefficient (Wildman–Crippen LogP) is 4.93. The molecule has 0 aliphatic heterocycles. The first-order chi connectivity index (χ1) is 13.1. The highest BCUT2D eigenvalue weighted by Crippen LogP contribution is 2.39. The van der Waals surface area contributed by atoms with Gasteiger partial charge in [0, 0.05) is 31.8 Å². The Kier molecular flexibility index (Phi) is 6.64. The van der Waals surface area contributed by atoms with Crippen molar-refractivity contribution in [3.8, 4) is 0 Å². The van der Waals surface area contributed by atoms with Gasteiger partial charge < -0.3 is 9.73 Å². The van der Waals surface area contributed by atoms with Crippen LogP contribution in [0.4, 0.5) is 5.69 Å². The number of hydrogen-bond donors (Lipinski definition) is 1. The molecule has 27 heavy (non-hydrogen) atoms. The summed E-state index contributed by atoms with van der Waals surface area (Å²) in [6.45, 7) is 9.99. The Bertz CT molecular complexity index is 738. The minimum Gasteiger partial charge on any atom is -0.425 e. The zero-order chi connectivity index (χ0) is 19.2. The molecule has 0 bridgehead atoms. The molecular formula is C22H32N4O. The summed E-state index contributed by atoms with van der Waals surface area (Å²) in [5.41, 5.74) is 2.53. The summed E-state index contributed by atoms with van der Waals surface area (Å²) in [5, 5.41) is 12.0. The molecule has 0 radical (unpaired) electrons. The monoisotopic (exact) mass is 368 g/mol. The maximum atomic E-state index is 5.83. The lowest BCUT2D eigenvalue weighted by atomic mass is 9.70. The Morgan fingerprint density at radius 1 is 1.26 bits per heavy atom. The van der Waals surface area contributed by atoms with Gasteiger partial charge in [0.25, 0.3) is 0 Å². The molecule has 1 N–H and O–H groups in total. The molecule has 3 rings (SSSR count). The molecule has 5 nitrogen and oxygen atoms in total. The van der Waals surface area contributed by atoms with Gasteiger partial charge in [-0.3, -0.25) is 4.98 Å². The van der Waals surface area contributed by atoms with E-state index in [4.69, 9.17) is 4.42 Å². The van der Waals surface area contributed by atoms with Crippen LogP contribution in [0.3, 0.4) is 0 Å². The molecule has 0 fully saturated rings. The molecule has 0 unspecified atom stereocenters. The van der Waals surface area contributed by atoms with Gasteiger partial charge in [0.1, 0.15) is 0 Å². The zero-order valence-electron chi connectivity index (χ0n) is 17.0. The van der Waals surface area contributed by atoms with E-state index in [1.165, 1.54) is 12.0 Å². The second-order valence-corrected chi connectivity index (χ2v) is 8.08. The fourth-order valence-corrected chi connectivity index (χ4v) is 4.11. The standard InChI is InChI=1S/C22H32N4O/c1-5-7-21-25-26-22(27-21)12-17-11-20(15(2)3)18(10-16(17)4)13-24-19-8-6-9-23-14-19/h6,8-10,14-15,17-18,20,24H,5,7,11-13H2,1-4H3/t17-,18+,20+/m1/s1. The average molecular weight is 369 g/mol. The lowest BCUT2D eigenvalue weighted by Crippen LogP contribution is -2.32. The van der Waals surface area contributed by atoms with E-state index < -0.39 is 0 Å². The summed E-state index contributed by atoms with van der Waals surface area (Å²) in [4.78, 5) is 4.19. The number of pyridine rings is 1. The molecule has 0 saturated heterocycles. The summed E-state index contributed by atoms with van der Waals surface area (Å²) in [6, 6.07) is 4.04. The van der Waals surface area contributed by atoms with Crippen molar-refractivity contribution in [2.24, 2.45) is 23.7 Å². The van der Waals surface area contributed by atoms with Gasteiger partial charge in [0.2, 0.25) is 11.8 Å². The summed E-state index contributed by atoms with van der Waals surface area (Å²) >= 11 is 0. The van der Waals surface area contributed by atoms with Gasteiger partial charge in [-0.1, -0.05) is 32.4 Å². The normalized spacial score (nSPS) is 22.7. The highest BCUT2D eigenvalue weighted by molar-refractivity contribution is 5.40. The average Bonchev–Trinajstić information content (AvgIpc) is 3.10. The fourth-order valence-electron chi connectivity index (χ4n) is 4.11. The Hall–Kier alpha value is -2.17. The number of nitrogens with zero attached hydrogens (tertiary/aromatic N) is 3. The van der Waals surface area contributed by atoms with Crippen LogP contribution >= 0.6 is 0 Å². The first-order valence-corrected chi connectivity index (χ1v) is 10.2. The first-order valence-electron chi connectivity index (χ1n) is 10.2. The van der Waals surface area contributed by atoms with Gasteiger partial charge in [-0.25, -0.2) is 0 Å². The van der Waals surface area contributed by atoms with Crippen molar-refractivity contribution in [2.75, 3.05) is 11.9 Å². The highest BCUT2D eigenvalue weighted by Gasteiger charge is 2.32. The third-order valence-corrected chi connectivity index (χ3v) is 5.68. The number of anilines is 1. The van der Waals surface area contributed by atoms with Crippen molar-refractivity contribution in [3.63, 3.8) is 0 Å². The van der Waals surface area contributed by atoms with E-state index >= 15 is 0 Å².